The molecule has 2 aromatic heterocycles. The molecule has 3 N–H and O–H groups in total. The van der Waals surface area contributed by atoms with Gasteiger partial charge in [0.1, 0.15) is 0 Å². The van der Waals surface area contributed by atoms with E-state index in [1.54, 1.807) is 30.5 Å². The molecule has 106 valence electrons. The molecule has 3 aromatic rings. The predicted octanol–water partition coefficient (Wildman–Crippen LogP) is 2.61. The van der Waals surface area contributed by atoms with E-state index in [4.69, 9.17) is 16.7 Å². The summed E-state index contributed by atoms with van der Waals surface area (Å²) in [6, 6.07) is 7.07. The molecule has 2 heterocycles. The quantitative estimate of drug-likeness (QED) is 0.687. The summed E-state index contributed by atoms with van der Waals surface area (Å²) in [5.41, 5.74) is 1.17. The summed E-state index contributed by atoms with van der Waals surface area (Å²) in [5.74, 6) is 0.546. The number of amides is 1. The molecule has 0 aliphatic heterocycles. The van der Waals surface area contributed by atoms with Crippen molar-refractivity contribution in [1.82, 2.24) is 19.6 Å². The lowest BCUT2D eigenvalue weighted by Crippen LogP contribution is -2.10. The van der Waals surface area contributed by atoms with Crippen molar-refractivity contribution in [3.05, 3.63) is 41.7 Å². The van der Waals surface area contributed by atoms with Crippen molar-refractivity contribution in [1.29, 1.82) is 0 Å². The lowest BCUT2D eigenvalue weighted by Gasteiger charge is -2.06. The smallest absolute Gasteiger partial charge is 0.411 e. The van der Waals surface area contributed by atoms with Crippen LogP contribution < -0.4 is 10.6 Å². The van der Waals surface area contributed by atoms with Crippen molar-refractivity contribution in [3.8, 4) is 0 Å². The van der Waals surface area contributed by atoms with Gasteiger partial charge in [-0.25, -0.2) is 9.78 Å². The lowest BCUT2D eigenvalue weighted by atomic mass is 10.3. The van der Waals surface area contributed by atoms with E-state index in [2.05, 4.69) is 25.8 Å². The van der Waals surface area contributed by atoms with E-state index < -0.39 is 6.09 Å². The number of halogens is 1. The van der Waals surface area contributed by atoms with E-state index in [1.807, 2.05) is 0 Å². The third kappa shape index (κ3) is 2.70. The fraction of sp³-hybridized carbons (Fsp3) is 0. The van der Waals surface area contributed by atoms with Gasteiger partial charge in [0, 0.05) is 23.1 Å². The van der Waals surface area contributed by atoms with Crippen LogP contribution in [0.2, 0.25) is 5.02 Å². The zero-order valence-electron chi connectivity index (χ0n) is 10.5. The Balaban J connectivity index is 1.97. The Labute approximate surface area is 123 Å². The van der Waals surface area contributed by atoms with Gasteiger partial charge in [-0.05, 0) is 24.3 Å². The second-order valence-electron chi connectivity index (χ2n) is 4.06. The Kier molecular flexibility index (Phi) is 3.28. The molecule has 0 spiro atoms. The minimum atomic E-state index is -1.21. The minimum Gasteiger partial charge on any atom is -0.465 e. The van der Waals surface area contributed by atoms with Crippen LogP contribution in [-0.4, -0.2) is 30.8 Å². The van der Waals surface area contributed by atoms with Crippen LogP contribution in [0.25, 0.3) is 5.65 Å². The highest BCUT2D eigenvalue weighted by Crippen LogP contribution is 2.21. The van der Waals surface area contributed by atoms with Crippen LogP contribution in [0.4, 0.5) is 22.2 Å². The number of benzene rings is 1. The number of anilines is 3. The van der Waals surface area contributed by atoms with Gasteiger partial charge >= 0.3 is 6.09 Å². The van der Waals surface area contributed by atoms with Gasteiger partial charge in [-0.1, -0.05) is 11.6 Å². The van der Waals surface area contributed by atoms with Crippen molar-refractivity contribution in [3.63, 3.8) is 0 Å². The first kappa shape index (κ1) is 13.1. The first-order valence-electron chi connectivity index (χ1n) is 5.86. The summed E-state index contributed by atoms with van der Waals surface area (Å²) in [4.78, 5) is 14.9. The maximum Gasteiger partial charge on any atom is 0.411 e. The highest BCUT2D eigenvalue weighted by molar-refractivity contribution is 6.30. The molecule has 9 heteroatoms. The molecule has 21 heavy (non-hydrogen) atoms. The van der Waals surface area contributed by atoms with Crippen LogP contribution in [0.3, 0.4) is 0 Å². The number of rotatable bonds is 3. The molecular weight excluding hydrogens is 296 g/mol. The standard InChI is InChI=1S/C12H9ClN6O2/c13-7-1-3-8(4-2-7)15-9-10-17-18-11(16-12(20)21)19(10)6-5-14-9/h1-6H,(H,14,15)(H,16,18)(H,20,21). The van der Waals surface area contributed by atoms with E-state index in [0.29, 0.717) is 16.5 Å². The molecule has 8 nitrogen and oxygen atoms in total. The Morgan fingerprint density at radius 2 is 2.00 bits per heavy atom. The van der Waals surface area contributed by atoms with E-state index in [0.717, 1.165) is 5.69 Å². The van der Waals surface area contributed by atoms with Crippen LogP contribution in [0.1, 0.15) is 0 Å². The summed E-state index contributed by atoms with van der Waals surface area (Å²) in [7, 11) is 0. The first-order chi connectivity index (χ1) is 10.1. The van der Waals surface area contributed by atoms with E-state index in [9.17, 15) is 4.79 Å². The molecule has 0 atom stereocenters. The zero-order chi connectivity index (χ0) is 14.8. The molecule has 0 bridgehead atoms. The number of nitrogens with zero attached hydrogens (tertiary/aromatic N) is 4. The molecule has 3 rings (SSSR count). The Morgan fingerprint density at radius 3 is 2.71 bits per heavy atom. The SMILES string of the molecule is O=C(O)Nc1nnc2c(Nc3ccc(Cl)cc3)nccn12. The maximum absolute atomic E-state index is 10.7. The average Bonchev–Trinajstić information content (AvgIpc) is 2.85. The molecule has 0 fully saturated rings. The van der Waals surface area contributed by atoms with Gasteiger partial charge in [0.05, 0.1) is 0 Å². The topological polar surface area (TPSA) is 104 Å². The third-order valence-corrected chi connectivity index (χ3v) is 2.90. The highest BCUT2D eigenvalue weighted by atomic mass is 35.5. The van der Waals surface area contributed by atoms with Gasteiger partial charge in [-0.15, -0.1) is 10.2 Å². The van der Waals surface area contributed by atoms with Crippen molar-refractivity contribution in [2.24, 2.45) is 0 Å². The summed E-state index contributed by atoms with van der Waals surface area (Å²) in [5, 5.41) is 22.3. The van der Waals surface area contributed by atoms with Gasteiger partial charge in [-0.2, -0.15) is 0 Å². The van der Waals surface area contributed by atoms with Crippen LogP contribution in [0, 0.1) is 0 Å². The van der Waals surface area contributed by atoms with Gasteiger partial charge in [0.15, 0.2) is 5.82 Å². The Morgan fingerprint density at radius 1 is 1.24 bits per heavy atom. The summed E-state index contributed by atoms with van der Waals surface area (Å²) >= 11 is 5.83. The number of carboxylic acid groups (broad SMARTS) is 1. The highest BCUT2D eigenvalue weighted by Gasteiger charge is 2.12. The molecule has 0 radical (unpaired) electrons. The first-order valence-corrected chi connectivity index (χ1v) is 6.23. The molecule has 1 aromatic carbocycles. The summed E-state index contributed by atoms with van der Waals surface area (Å²) in [6.45, 7) is 0. The zero-order valence-corrected chi connectivity index (χ0v) is 11.2. The molecule has 1 amide bonds. The number of fused-ring (bicyclic) bond motifs is 1. The predicted molar refractivity (Wildman–Crippen MR) is 77.2 cm³/mol. The molecule has 0 aliphatic carbocycles. The van der Waals surface area contributed by atoms with E-state index >= 15 is 0 Å². The van der Waals surface area contributed by atoms with Crippen molar-refractivity contribution < 1.29 is 9.90 Å². The number of aromatic nitrogens is 4. The van der Waals surface area contributed by atoms with Crippen LogP contribution in [0.15, 0.2) is 36.7 Å². The average molecular weight is 305 g/mol. The number of hydrogen-bond donors (Lipinski definition) is 3. The summed E-state index contributed by atoms with van der Waals surface area (Å²) < 4.78 is 1.49. The molecular formula is C12H9ClN6O2. The third-order valence-electron chi connectivity index (χ3n) is 2.65. The fourth-order valence-electron chi connectivity index (χ4n) is 1.77. The second kappa shape index (κ2) is 5.25. The maximum atomic E-state index is 10.7. The number of nitrogens with one attached hydrogen (secondary N) is 2. The van der Waals surface area contributed by atoms with Crippen molar-refractivity contribution in [2.45, 2.75) is 0 Å². The number of carbonyl (C=O) groups is 1. The fourth-order valence-corrected chi connectivity index (χ4v) is 1.89. The lowest BCUT2D eigenvalue weighted by molar-refractivity contribution is 0.209. The van der Waals surface area contributed by atoms with Gasteiger partial charge in [0.2, 0.25) is 11.6 Å². The molecule has 0 saturated carbocycles. The van der Waals surface area contributed by atoms with Crippen LogP contribution >= 0.6 is 11.6 Å². The largest absolute Gasteiger partial charge is 0.465 e. The van der Waals surface area contributed by atoms with E-state index in [1.165, 1.54) is 10.6 Å². The monoisotopic (exact) mass is 304 g/mol. The van der Waals surface area contributed by atoms with Gasteiger partial charge < -0.3 is 10.4 Å². The second-order valence-corrected chi connectivity index (χ2v) is 4.49. The number of hydrogen-bond acceptors (Lipinski definition) is 5. The Bertz CT molecular complexity index is 801. The van der Waals surface area contributed by atoms with Crippen molar-refractivity contribution in [2.75, 3.05) is 10.6 Å². The normalized spacial score (nSPS) is 10.5. The van der Waals surface area contributed by atoms with E-state index in [-0.39, 0.29) is 5.95 Å². The summed E-state index contributed by atoms with van der Waals surface area (Å²) in [6.07, 6.45) is 1.86. The van der Waals surface area contributed by atoms with Gasteiger partial charge in [-0.3, -0.25) is 9.72 Å². The van der Waals surface area contributed by atoms with Crippen LogP contribution in [0.5, 0.6) is 0 Å². The Hall–Kier alpha value is -2.87. The van der Waals surface area contributed by atoms with Crippen LogP contribution in [-0.2, 0) is 0 Å². The van der Waals surface area contributed by atoms with Gasteiger partial charge in [0.25, 0.3) is 0 Å². The molecule has 0 saturated heterocycles. The molecule has 0 aliphatic rings. The molecule has 0 unspecified atom stereocenters. The minimum absolute atomic E-state index is 0.0963. The van der Waals surface area contributed by atoms with Crippen molar-refractivity contribution >= 4 is 40.8 Å².